The standard InChI is InChI=1S/C3H6O3.C2H4O/c4-2-1-3(5)6;1-2-3/h4H,1-2H2,(H,5,6);2-3H,1H2. The number of aliphatic carboxylic acids is 1. The fourth-order valence-corrected chi connectivity index (χ4v) is 0.0956. The molecule has 0 radical (unpaired) electrons. The van der Waals surface area contributed by atoms with Crippen molar-refractivity contribution >= 4 is 5.97 Å². The number of carboxylic acids is 1. The number of aliphatic hydroxyl groups is 2. The van der Waals surface area contributed by atoms with E-state index in [1.807, 2.05) is 0 Å². The summed E-state index contributed by atoms with van der Waals surface area (Å²) in [6.45, 7) is 2.65. The molecule has 0 aromatic carbocycles. The molecule has 0 bridgehead atoms. The normalized spacial score (nSPS) is 6.78. The first-order valence-electron chi connectivity index (χ1n) is 2.26. The second-order valence-corrected chi connectivity index (χ2v) is 1.05. The van der Waals surface area contributed by atoms with Crippen LogP contribution in [-0.2, 0) is 4.79 Å². The highest BCUT2D eigenvalue weighted by molar-refractivity contribution is 5.66. The maximum atomic E-state index is 9.44. The Morgan fingerprint density at radius 2 is 2.00 bits per heavy atom. The van der Waals surface area contributed by atoms with Gasteiger partial charge in [-0.25, -0.2) is 0 Å². The Bertz CT molecular complexity index is 79.0. The van der Waals surface area contributed by atoms with Crippen LogP contribution in [0.1, 0.15) is 6.42 Å². The van der Waals surface area contributed by atoms with E-state index in [1.165, 1.54) is 0 Å². The van der Waals surface area contributed by atoms with E-state index >= 15 is 0 Å². The molecule has 0 rings (SSSR count). The van der Waals surface area contributed by atoms with E-state index in [-0.39, 0.29) is 13.0 Å². The summed E-state index contributed by atoms with van der Waals surface area (Å²) in [7, 11) is 0. The van der Waals surface area contributed by atoms with Crippen LogP contribution >= 0.6 is 0 Å². The average molecular weight is 134 g/mol. The van der Waals surface area contributed by atoms with E-state index < -0.39 is 5.97 Å². The Morgan fingerprint density at radius 3 is 2.00 bits per heavy atom. The Kier molecular flexibility index (Phi) is 12.1. The Hall–Kier alpha value is -1.03. The monoisotopic (exact) mass is 134 g/mol. The minimum absolute atomic E-state index is 0.153. The number of hydrogen-bond acceptors (Lipinski definition) is 3. The summed E-state index contributed by atoms with van der Waals surface area (Å²) < 4.78 is 0. The summed E-state index contributed by atoms with van der Waals surface area (Å²) in [5.41, 5.74) is 0. The predicted molar refractivity (Wildman–Crippen MR) is 32.2 cm³/mol. The van der Waals surface area contributed by atoms with Gasteiger partial charge in [-0.3, -0.25) is 4.79 Å². The number of rotatable bonds is 2. The van der Waals surface area contributed by atoms with Crippen LogP contribution in [0, 0.1) is 0 Å². The summed E-state index contributed by atoms with van der Waals surface area (Å²) in [4.78, 5) is 9.44. The fraction of sp³-hybridized carbons (Fsp3) is 0.400. The SMILES string of the molecule is C=CO.O=C(O)CCO. The van der Waals surface area contributed by atoms with Crippen LogP contribution in [-0.4, -0.2) is 27.9 Å². The largest absolute Gasteiger partial charge is 0.516 e. The van der Waals surface area contributed by atoms with Gasteiger partial charge in [0.15, 0.2) is 0 Å². The molecule has 4 nitrogen and oxygen atoms in total. The quantitative estimate of drug-likeness (QED) is 0.469. The van der Waals surface area contributed by atoms with Gasteiger partial charge in [-0.1, -0.05) is 6.58 Å². The van der Waals surface area contributed by atoms with Crippen LogP contribution in [0.25, 0.3) is 0 Å². The molecule has 54 valence electrons. The molecule has 4 heteroatoms. The van der Waals surface area contributed by atoms with Crippen molar-refractivity contribution in [2.24, 2.45) is 0 Å². The summed E-state index contributed by atoms with van der Waals surface area (Å²) in [5, 5.41) is 22.9. The van der Waals surface area contributed by atoms with Crippen molar-refractivity contribution in [1.29, 1.82) is 0 Å². The van der Waals surface area contributed by atoms with Crippen molar-refractivity contribution < 1.29 is 20.1 Å². The maximum absolute atomic E-state index is 9.44. The Labute approximate surface area is 53.1 Å². The van der Waals surface area contributed by atoms with Crippen LogP contribution in [0.4, 0.5) is 0 Å². The van der Waals surface area contributed by atoms with Crippen LogP contribution in [0.2, 0.25) is 0 Å². The Balaban J connectivity index is 0. The number of carbonyl (C=O) groups is 1. The van der Waals surface area contributed by atoms with Crippen LogP contribution in [0.15, 0.2) is 12.8 Å². The minimum Gasteiger partial charge on any atom is -0.516 e. The van der Waals surface area contributed by atoms with Gasteiger partial charge in [-0.2, -0.15) is 0 Å². The summed E-state index contributed by atoms with van der Waals surface area (Å²) in [6, 6.07) is 0. The molecule has 0 saturated heterocycles. The lowest BCUT2D eigenvalue weighted by Gasteiger charge is -1.79. The van der Waals surface area contributed by atoms with Gasteiger partial charge < -0.3 is 15.3 Å². The second kappa shape index (κ2) is 10.1. The van der Waals surface area contributed by atoms with Crippen molar-refractivity contribution in [3.8, 4) is 0 Å². The molecule has 0 aliphatic heterocycles. The molecule has 0 amide bonds. The molecular weight excluding hydrogens is 124 g/mol. The van der Waals surface area contributed by atoms with Crippen molar-refractivity contribution in [3.63, 3.8) is 0 Å². The third-order valence-corrected chi connectivity index (χ3v) is 0.326. The molecule has 0 saturated carbocycles. The lowest BCUT2D eigenvalue weighted by atomic mass is 10.5. The van der Waals surface area contributed by atoms with Crippen LogP contribution < -0.4 is 0 Å². The number of carboxylic acid groups (broad SMARTS) is 1. The molecule has 0 spiro atoms. The molecule has 0 atom stereocenters. The fourth-order valence-electron chi connectivity index (χ4n) is 0.0956. The Morgan fingerprint density at radius 1 is 1.67 bits per heavy atom. The van der Waals surface area contributed by atoms with E-state index in [0.717, 1.165) is 6.26 Å². The van der Waals surface area contributed by atoms with Crippen LogP contribution in [0.5, 0.6) is 0 Å². The molecular formula is C5H10O4. The number of hydrogen-bond donors (Lipinski definition) is 3. The molecule has 0 fully saturated rings. The van der Waals surface area contributed by atoms with E-state index in [9.17, 15) is 4.79 Å². The van der Waals surface area contributed by atoms with Gasteiger partial charge in [0, 0.05) is 0 Å². The number of aliphatic hydroxyl groups excluding tert-OH is 2. The summed E-state index contributed by atoms with van der Waals surface area (Å²) in [5.74, 6) is -0.961. The molecule has 0 heterocycles. The van der Waals surface area contributed by atoms with Crippen molar-refractivity contribution in [1.82, 2.24) is 0 Å². The highest BCUT2D eigenvalue weighted by atomic mass is 16.4. The molecule has 0 aliphatic rings. The average Bonchev–Trinajstić information content (AvgIpc) is 1.67. The van der Waals surface area contributed by atoms with Gasteiger partial charge >= 0.3 is 5.97 Å². The molecule has 0 aromatic heterocycles. The van der Waals surface area contributed by atoms with Crippen LogP contribution in [0.3, 0.4) is 0 Å². The first kappa shape index (κ1) is 10.9. The summed E-state index contributed by atoms with van der Waals surface area (Å²) >= 11 is 0. The lowest BCUT2D eigenvalue weighted by Crippen LogP contribution is -1.96. The first-order valence-corrected chi connectivity index (χ1v) is 2.26. The predicted octanol–water partition coefficient (Wildman–Crippen LogP) is 0.141. The van der Waals surface area contributed by atoms with E-state index in [2.05, 4.69) is 6.58 Å². The minimum atomic E-state index is -0.961. The molecule has 3 N–H and O–H groups in total. The molecule has 0 aromatic rings. The molecule has 0 unspecified atom stereocenters. The smallest absolute Gasteiger partial charge is 0.305 e. The summed E-state index contributed by atoms with van der Waals surface area (Å²) in [6.07, 6.45) is 0.597. The molecule has 9 heavy (non-hydrogen) atoms. The van der Waals surface area contributed by atoms with Crippen molar-refractivity contribution in [2.45, 2.75) is 6.42 Å². The van der Waals surface area contributed by atoms with Crippen molar-refractivity contribution in [3.05, 3.63) is 12.8 Å². The van der Waals surface area contributed by atoms with Gasteiger partial charge in [0.05, 0.1) is 19.3 Å². The third kappa shape index (κ3) is 44.4. The first-order chi connectivity index (χ1) is 4.18. The second-order valence-electron chi connectivity index (χ2n) is 1.05. The lowest BCUT2D eigenvalue weighted by molar-refractivity contribution is -0.137. The third-order valence-electron chi connectivity index (χ3n) is 0.326. The van der Waals surface area contributed by atoms with Gasteiger partial charge in [-0.15, -0.1) is 0 Å². The van der Waals surface area contributed by atoms with Crippen molar-refractivity contribution in [2.75, 3.05) is 6.61 Å². The van der Waals surface area contributed by atoms with Gasteiger partial charge in [0.25, 0.3) is 0 Å². The topological polar surface area (TPSA) is 77.8 Å². The van der Waals surface area contributed by atoms with Gasteiger partial charge in [-0.05, 0) is 0 Å². The zero-order chi connectivity index (χ0) is 7.70. The van der Waals surface area contributed by atoms with E-state index in [0.29, 0.717) is 0 Å². The van der Waals surface area contributed by atoms with E-state index in [4.69, 9.17) is 15.3 Å². The van der Waals surface area contributed by atoms with Gasteiger partial charge in [0.1, 0.15) is 0 Å². The zero-order valence-corrected chi connectivity index (χ0v) is 4.95. The van der Waals surface area contributed by atoms with Gasteiger partial charge in [0.2, 0.25) is 0 Å². The highest BCUT2D eigenvalue weighted by Gasteiger charge is 1.88. The highest BCUT2D eigenvalue weighted by Crippen LogP contribution is 1.70. The maximum Gasteiger partial charge on any atom is 0.305 e. The van der Waals surface area contributed by atoms with E-state index in [1.54, 1.807) is 0 Å². The molecule has 0 aliphatic carbocycles. The zero-order valence-electron chi connectivity index (χ0n) is 4.95.